The Kier molecular flexibility index (Phi) is 5.55. The standard InChI is InChI=1S/C16H24F3N5O/c1-9(2)20-13-22-12(11-6-5-7-15(4,25)8-11)23-14(24-13)21-10(3)16(17,18)19/h8-10,25H,5-7H2,1-4H3,(H2,20,21,22,23,24)/t10-,15?/m1/s1. The van der Waals surface area contributed by atoms with Crippen LogP contribution in [0.25, 0.3) is 5.57 Å². The first kappa shape index (κ1) is 19.4. The molecule has 3 N–H and O–H groups in total. The molecule has 2 rings (SSSR count). The number of rotatable bonds is 5. The molecule has 0 spiro atoms. The predicted octanol–water partition coefficient (Wildman–Crippen LogP) is 3.37. The van der Waals surface area contributed by atoms with Gasteiger partial charge in [0.05, 0.1) is 5.60 Å². The van der Waals surface area contributed by atoms with Crippen LogP contribution in [0, 0.1) is 0 Å². The molecule has 9 heteroatoms. The quantitative estimate of drug-likeness (QED) is 0.748. The van der Waals surface area contributed by atoms with Crippen LogP contribution in [-0.2, 0) is 0 Å². The lowest BCUT2D eigenvalue weighted by molar-refractivity contribution is -0.138. The molecule has 2 atom stereocenters. The normalized spacial score (nSPS) is 22.5. The van der Waals surface area contributed by atoms with E-state index < -0.39 is 17.8 Å². The Bertz CT molecular complexity index is 643. The summed E-state index contributed by atoms with van der Waals surface area (Å²) in [4.78, 5) is 12.5. The van der Waals surface area contributed by atoms with Crippen LogP contribution in [-0.4, -0.2) is 43.9 Å². The largest absolute Gasteiger partial charge is 0.408 e. The van der Waals surface area contributed by atoms with Gasteiger partial charge in [-0.15, -0.1) is 0 Å². The van der Waals surface area contributed by atoms with E-state index in [1.807, 2.05) is 13.8 Å². The molecule has 1 aliphatic carbocycles. The maximum absolute atomic E-state index is 12.8. The monoisotopic (exact) mass is 359 g/mol. The summed E-state index contributed by atoms with van der Waals surface area (Å²) >= 11 is 0. The molecular weight excluding hydrogens is 335 g/mol. The summed E-state index contributed by atoms with van der Waals surface area (Å²) in [6.45, 7) is 6.44. The zero-order chi connectivity index (χ0) is 18.8. The van der Waals surface area contributed by atoms with Crippen LogP contribution in [0.15, 0.2) is 6.08 Å². The molecule has 0 radical (unpaired) electrons. The Morgan fingerprint density at radius 3 is 2.24 bits per heavy atom. The number of hydrogen-bond acceptors (Lipinski definition) is 6. The van der Waals surface area contributed by atoms with Crippen molar-refractivity contribution in [3.05, 3.63) is 11.9 Å². The fraction of sp³-hybridized carbons (Fsp3) is 0.688. The number of halogens is 3. The van der Waals surface area contributed by atoms with Gasteiger partial charge < -0.3 is 15.7 Å². The summed E-state index contributed by atoms with van der Waals surface area (Å²) in [6, 6.07) is -1.79. The molecule has 0 fully saturated rings. The zero-order valence-electron chi connectivity index (χ0n) is 14.8. The number of aromatic nitrogens is 3. The molecule has 25 heavy (non-hydrogen) atoms. The second-order valence-electron chi connectivity index (χ2n) is 6.89. The molecule has 1 unspecified atom stereocenters. The van der Waals surface area contributed by atoms with Crippen LogP contribution in [0.3, 0.4) is 0 Å². The summed E-state index contributed by atoms with van der Waals surface area (Å²) in [5.74, 6) is 0.321. The van der Waals surface area contributed by atoms with E-state index in [1.165, 1.54) is 0 Å². The Labute approximate surface area is 145 Å². The van der Waals surface area contributed by atoms with E-state index in [4.69, 9.17) is 0 Å². The van der Waals surface area contributed by atoms with E-state index in [-0.39, 0.29) is 23.8 Å². The number of allylic oxidation sites excluding steroid dienone is 1. The van der Waals surface area contributed by atoms with Gasteiger partial charge in [-0.2, -0.15) is 28.1 Å². The van der Waals surface area contributed by atoms with Gasteiger partial charge in [0.2, 0.25) is 11.9 Å². The minimum atomic E-state index is -4.41. The summed E-state index contributed by atoms with van der Waals surface area (Å²) in [5.41, 5.74) is -0.271. The number of aliphatic hydroxyl groups is 1. The summed E-state index contributed by atoms with van der Waals surface area (Å²) in [7, 11) is 0. The third-order valence-electron chi connectivity index (χ3n) is 3.79. The van der Waals surface area contributed by atoms with Gasteiger partial charge in [0.25, 0.3) is 0 Å². The van der Waals surface area contributed by atoms with Crippen LogP contribution < -0.4 is 10.6 Å². The summed E-state index contributed by atoms with van der Waals surface area (Å²) in [5, 5.41) is 15.5. The molecule has 140 valence electrons. The highest BCUT2D eigenvalue weighted by atomic mass is 19.4. The number of nitrogens with one attached hydrogen (secondary N) is 2. The van der Waals surface area contributed by atoms with Gasteiger partial charge >= 0.3 is 6.18 Å². The van der Waals surface area contributed by atoms with Crippen molar-refractivity contribution < 1.29 is 18.3 Å². The van der Waals surface area contributed by atoms with Crippen molar-refractivity contribution in [3.63, 3.8) is 0 Å². The third kappa shape index (κ3) is 5.55. The van der Waals surface area contributed by atoms with E-state index in [2.05, 4.69) is 25.6 Å². The van der Waals surface area contributed by atoms with Crippen molar-refractivity contribution in [2.24, 2.45) is 0 Å². The van der Waals surface area contributed by atoms with Crippen molar-refractivity contribution in [2.45, 2.75) is 70.8 Å². The highest BCUT2D eigenvalue weighted by molar-refractivity contribution is 5.63. The van der Waals surface area contributed by atoms with Gasteiger partial charge in [0, 0.05) is 6.04 Å². The first-order chi connectivity index (χ1) is 11.5. The second-order valence-corrected chi connectivity index (χ2v) is 6.89. The van der Waals surface area contributed by atoms with Crippen LogP contribution in [0.5, 0.6) is 0 Å². The lowest BCUT2D eigenvalue weighted by Crippen LogP contribution is -2.34. The smallest absolute Gasteiger partial charge is 0.386 e. The van der Waals surface area contributed by atoms with Crippen molar-refractivity contribution in [3.8, 4) is 0 Å². The Hall–Kier alpha value is -1.90. The van der Waals surface area contributed by atoms with Gasteiger partial charge in [0.1, 0.15) is 6.04 Å². The molecule has 0 bridgehead atoms. The minimum absolute atomic E-state index is 0.00610. The third-order valence-corrected chi connectivity index (χ3v) is 3.79. The van der Waals surface area contributed by atoms with Crippen LogP contribution in [0.4, 0.5) is 25.1 Å². The first-order valence-electron chi connectivity index (χ1n) is 8.26. The zero-order valence-corrected chi connectivity index (χ0v) is 14.8. The van der Waals surface area contributed by atoms with Crippen molar-refractivity contribution >= 4 is 17.5 Å². The van der Waals surface area contributed by atoms with E-state index >= 15 is 0 Å². The van der Waals surface area contributed by atoms with Crippen LogP contribution in [0.1, 0.15) is 52.8 Å². The van der Waals surface area contributed by atoms with E-state index in [1.54, 1.807) is 13.0 Å². The average Bonchev–Trinajstić information content (AvgIpc) is 2.44. The Balaban J connectivity index is 2.39. The lowest BCUT2D eigenvalue weighted by atomic mass is 9.88. The van der Waals surface area contributed by atoms with Crippen molar-refractivity contribution in [2.75, 3.05) is 10.6 Å². The van der Waals surface area contributed by atoms with E-state index in [0.29, 0.717) is 18.4 Å². The topological polar surface area (TPSA) is 83.0 Å². The molecular formula is C16H24F3N5O. The molecule has 6 nitrogen and oxygen atoms in total. The van der Waals surface area contributed by atoms with Crippen molar-refractivity contribution in [1.29, 1.82) is 0 Å². The SMILES string of the molecule is CC(C)Nc1nc(N[C@H](C)C(F)(F)F)nc(C2=CC(C)(O)CCC2)n1. The maximum Gasteiger partial charge on any atom is 0.408 e. The van der Waals surface area contributed by atoms with Crippen LogP contribution in [0.2, 0.25) is 0 Å². The van der Waals surface area contributed by atoms with Gasteiger partial charge in [-0.3, -0.25) is 0 Å². The lowest BCUT2D eigenvalue weighted by Gasteiger charge is -2.26. The summed E-state index contributed by atoms with van der Waals surface area (Å²) in [6.07, 6.45) is -0.724. The molecule has 0 amide bonds. The molecule has 1 heterocycles. The van der Waals surface area contributed by atoms with Crippen molar-refractivity contribution in [1.82, 2.24) is 15.0 Å². The van der Waals surface area contributed by atoms with Gasteiger partial charge in [0.15, 0.2) is 5.82 Å². The van der Waals surface area contributed by atoms with Crippen LogP contribution >= 0.6 is 0 Å². The van der Waals surface area contributed by atoms with E-state index in [0.717, 1.165) is 13.3 Å². The average molecular weight is 359 g/mol. The molecule has 0 aromatic carbocycles. The number of hydrogen-bond donors (Lipinski definition) is 3. The Morgan fingerprint density at radius 2 is 1.72 bits per heavy atom. The highest BCUT2D eigenvalue weighted by Crippen LogP contribution is 2.31. The molecule has 1 aromatic rings. The Morgan fingerprint density at radius 1 is 1.12 bits per heavy atom. The minimum Gasteiger partial charge on any atom is -0.386 e. The first-order valence-corrected chi connectivity index (χ1v) is 8.26. The molecule has 0 saturated heterocycles. The van der Waals surface area contributed by atoms with E-state index in [9.17, 15) is 18.3 Å². The fourth-order valence-corrected chi connectivity index (χ4v) is 2.52. The molecule has 1 aromatic heterocycles. The molecule has 0 saturated carbocycles. The predicted molar refractivity (Wildman–Crippen MR) is 90.2 cm³/mol. The van der Waals surface area contributed by atoms with Gasteiger partial charge in [-0.1, -0.05) is 0 Å². The number of nitrogens with zero attached hydrogens (tertiary/aromatic N) is 3. The maximum atomic E-state index is 12.8. The number of alkyl halides is 3. The highest BCUT2D eigenvalue weighted by Gasteiger charge is 2.36. The second kappa shape index (κ2) is 7.15. The molecule has 1 aliphatic rings. The van der Waals surface area contributed by atoms with Gasteiger partial charge in [-0.25, -0.2) is 0 Å². The molecule has 0 aliphatic heterocycles. The van der Waals surface area contributed by atoms with Gasteiger partial charge in [-0.05, 0) is 58.6 Å². The fourth-order valence-electron chi connectivity index (χ4n) is 2.52. The summed E-state index contributed by atoms with van der Waals surface area (Å²) < 4.78 is 38.4. The number of anilines is 2.